The average molecular weight is 291 g/mol. The highest BCUT2D eigenvalue weighted by atomic mass is 32.1. The molecule has 1 aromatic heterocycles. The summed E-state index contributed by atoms with van der Waals surface area (Å²) >= 11 is 5.34. The van der Waals surface area contributed by atoms with E-state index in [1.54, 1.807) is 7.11 Å². The minimum atomic E-state index is 0.243. The first-order valence-electron chi connectivity index (χ1n) is 6.57. The van der Waals surface area contributed by atoms with Crippen LogP contribution in [0.2, 0.25) is 0 Å². The van der Waals surface area contributed by atoms with Crippen molar-refractivity contribution in [2.75, 3.05) is 21.2 Å². The standard InChI is InChI=1S/C15H21N3OS/c1-11-9-18(15(20)16-11)10-14(17(2)3)12-6-5-7-13(8-12)19-4/h5-9,14H,10H2,1-4H3,(H,16,20). The Bertz CT molecular complexity index is 630. The summed E-state index contributed by atoms with van der Waals surface area (Å²) in [6.07, 6.45) is 2.05. The van der Waals surface area contributed by atoms with Gasteiger partial charge in [-0.05, 0) is 50.9 Å². The number of methoxy groups -OCH3 is 1. The molecular formula is C15H21N3OS. The lowest BCUT2D eigenvalue weighted by Gasteiger charge is -2.25. The first-order chi connectivity index (χ1) is 9.51. The third-order valence-corrected chi connectivity index (χ3v) is 3.72. The highest BCUT2D eigenvalue weighted by Gasteiger charge is 2.16. The van der Waals surface area contributed by atoms with E-state index in [1.807, 2.05) is 19.1 Å². The number of likely N-dealkylation sites (N-methyl/N-ethyl adjacent to an activating group) is 1. The molecule has 0 saturated heterocycles. The number of nitrogens with one attached hydrogen (secondary N) is 1. The lowest BCUT2D eigenvalue weighted by Crippen LogP contribution is -2.24. The van der Waals surface area contributed by atoms with E-state index in [2.05, 4.69) is 46.9 Å². The largest absolute Gasteiger partial charge is 0.497 e. The number of aromatic amines is 1. The quantitative estimate of drug-likeness (QED) is 0.859. The maximum absolute atomic E-state index is 5.34. The van der Waals surface area contributed by atoms with Crippen LogP contribution in [0.25, 0.3) is 0 Å². The van der Waals surface area contributed by atoms with Crippen molar-refractivity contribution in [3.63, 3.8) is 0 Å². The molecule has 0 spiro atoms. The third-order valence-electron chi connectivity index (χ3n) is 3.39. The smallest absolute Gasteiger partial charge is 0.177 e. The van der Waals surface area contributed by atoms with E-state index in [-0.39, 0.29) is 6.04 Å². The molecule has 1 unspecified atom stereocenters. The number of imidazole rings is 1. The van der Waals surface area contributed by atoms with Gasteiger partial charge in [0.1, 0.15) is 5.75 Å². The lowest BCUT2D eigenvalue weighted by atomic mass is 10.1. The third kappa shape index (κ3) is 3.29. The van der Waals surface area contributed by atoms with E-state index >= 15 is 0 Å². The minimum absolute atomic E-state index is 0.243. The molecule has 2 aromatic rings. The molecule has 0 aliphatic heterocycles. The Kier molecular flexibility index (Phi) is 4.62. The fourth-order valence-electron chi connectivity index (χ4n) is 2.30. The van der Waals surface area contributed by atoms with Crippen LogP contribution in [-0.4, -0.2) is 35.7 Å². The zero-order chi connectivity index (χ0) is 14.7. The summed E-state index contributed by atoms with van der Waals surface area (Å²) in [6, 6.07) is 8.42. The number of hydrogen-bond donors (Lipinski definition) is 1. The van der Waals surface area contributed by atoms with Crippen molar-refractivity contribution < 1.29 is 4.74 Å². The van der Waals surface area contributed by atoms with Crippen LogP contribution in [0.5, 0.6) is 5.75 Å². The van der Waals surface area contributed by atoms with Crippen molar-refractivity contribution in [3.8, 4) is 5.75 Å². The number of benzene rings is 1. The van der Waals surface area contributed by atoms with Crippen molar-refractivity contribution in [1.29, 1.82) is 0 Å². The van der Waals surface area contributed by atoms with E-state index in [0.29, 0.717) is 0 Å². The molecular weight excluding hydrogens is 270 g/mol. The van der Waals surface area contributed by atoms with Crippen LogP contribution in [0.3, 0.4) is 0 Å². The van der Waals surface area contributed by atoms with Gasteiger partial charge in [-0.2, -0.15) is 0 Å². The number of ether oxygens (including phenoxy) is 1. The normalized spacial score (nSPS) is 12.7. The fraction of sp³-hybridized carbons (Fsp3) is 0.400. The number of hydrogen-bond acceptors (Lipinski definition) is 3. The van der Waals surface area contributed by atoms with Gasteiger partial charge in [-0.25, -0.2) is 0 Å². The first-order valence-corrected chi connectivity index (χ1v) is 6.98. The molecule has 1 heterocycles. The van der Waals surface area contributed by atoms with Gasteiger partial charge in [0.05, 0.1) is 13.2 Å². The molecule has 20 heavy (non-hydrogen) atoms. The molecule has 0 radical (unpaired) electrons. The van der Waals surface area contributed by atoms with E-state index in [4.69, 9.17) is 17.0 Å². The summed E-state index contributed by atoms with van der Waals surface area (Å²) in [5.74, 6) is 0.878. The molecule has 108 valence electrons. The Morgan fingerprint density at radius 1 is 1.40 bits per heavy atom. The summed E-state index contributed by atoms with van der Waals surface area (Å²) in [4.78, 5) is 5.35. The van der Waals surface area contributed by atoms with Crippen LogP contribution in [0.4, 0.5) is 0 Å². The molecule has 1 N–H and O–H groups in total. The van der Waals surface area contributed by atoms with E-state index in [1.165, 1.54) is 5.56 Å². The highest BCUT2D eigenvalue weighted by Crippen LogP contribution is 2.24. The topological polar surface area (TPSA) is 33.2 Å². The zero-order valence-corrected chi connectivity index (χ0v) is 13.2. The second-order valence-electron chi connectivity index (χ2n) is 5.15. The van der Waals surface area contributed by atoms with Crippen LogP contribution in [0, 0.1) is 11.7 Å². The molecule has 0 bridgehead atoms. The predicted octanol–water partition coefficient (Wildman–Crippen LogP) is 3.17. The van der Waals surface area contributed by atoms with Gasteiger partial charge >= 0.3 is 0 Å². The average Bonchev–Trinajstić information content (AvgIpc) is 2.74. The van der Waals surface area contributed by atoms with Crippen LogP contribution in [0.1, 0.15) is 17.3 Å². The Morgan fingerprint density at radius 3 is 2.70 bits per heavy atom. The molecule has 4 nitrogen and oxygen atoms in total. The van der Waals surface area contributed by atoms with Gasteiger partial charge < -0.3 is 19.2 Å². The van der Waals surface area contributed by atoms with Crippen molar-refractivity contribution in [1.82, 2.24) is 14.5 Å². The van der Waals surface area contributed by atoms with Crippen molar-refractivity contribution in [2.24, 2.45) is 0 Å². The molecule has 0 aliphatic carbocycles. The number of nitrogens with zero attached hydrogens (tertiary/aromatic N) is 2. The first kappa shape index (κ1) is 14.8. The molecule has 0 saturated carbocycles. The lowest BCUT2D eigenvalue weighted by molar-refractivity contribution is 0.267. The Labute approximate surface area is 125 Å². The monoisotopic (exact) mass is 291 g/mol. The molecule has 1 aromatic carbocycles. The Hall–Kier alpha value is -1.59. The van der Waals surface area contributed by atoms with Gasteiger partial charge in [-0.1, -0.05) is 12.1 Å². The second-order valence-corrected chi connectivity index (χ2v) is 5.54. The maximum Gasteiger partial charge on any atom is 0.177 e. The van der Waals surface area contributed by atoms with Gasteiger partial charge in [-0.15, -0.1) is 0 Å². The van der Waals surface area contributed by atoms with E-state index < -0.39 is 0 Å². The molecule has 2 rings (SSSR count). The van der Waals surface area contributed by atoms with E-state index in [9.17, 15) is 0 Å². The zero-order valence-electron chi connectivity index (χ0n) is 12.4. The molecule has 1 atom stereocenters. The van der Waals surface area contributed by atoms with Gasteiger partial charge in [-0.3, -0.25) is 0 Å². The van der Waals surface area contributed by atoms with Crippen molar-refractivity contribution >= 4 is 12.2 Å². The number of aromatic nitrogens is 2. The van der Waals surface area contributed by atoms with Crippen LogP contribution < -0.4 is 4.74 Å². The molecule has 0 aliphatic rings. The van der Waals surface area contributed by atoms with Crippen molar-refractivity contribution in [2.45, 2.75) is 19.5 Å². The highest BCUT2D eigenvalue weighted by molar-refractivity contribution is 7.71. The summed E-state index contributed by atoms with van der Waals surface area (Å²) in [5.41, 5.74) is 2.30. The SMILES string of the molecule is COc1cccc(C(Cn2cc(C)[nH]c2=S)N(C)C)c1. The summed E-state index contributed by atoms with van der Waals surface area (Å²) in [6.45, 7) is 2.83. The predicted molar refractivity (Wildman–Crippen MR) is 83.8 cm³/mol. The van der Waals surface area contributed by atoms with Gasteiger partial charge in [0, 0.05) is 18.4 Å². The van der Waals surface area contributed by atoms with Crippen LogP contribution >= 0.6 is 12.2 Å². The van der Waals surface area contributed by atoms with Crippen LogP contribution in [-0.2, 0) is 6.54 Å². The number of rotatable bonds is 5. The van der Waals surface area contributed by atoms with Gasteiger partial charge in [0.25, 0.3) is 0 Å². The number of aryl methyl sites for hydroxylation is 1. The molecule has 0 amide bonds. The summed E-state index contributed by atoms with van der Waals surface area (Å²) in [5, 5.41) is 0. The van der Waals surface area contributed by atoms with Crippen LogP contribution in [0.15, 0.2) is 30.5 Å². The maximum atomic E-state index is 5.34. The van der Waals surface area contributed by atoms with Crippen molar-refractivity contribution in [3.05, 3.63) is 46.5 Å². The van der Waals surface area contributed by atoms with E-state index in [0.717, 1.165) is 22.8 Å². The summed E-state index contributed by atoms with van der Waals surface area (Å²) < 4.78 is 8.15. The summed E-state index contributed by atoms with van der Waals surface area (Å²) in [7, 11) is 5.84. The van der Waals surface area contributed by atoms with Gasteiger partial charge in [0.15, 0.2) is 4.77 Å². The molecule has 0 fully saturated rings. The number of H-pyrrole nitrogens is 1. The second kappa shape index (κ2) is 6.24. The minimum Gasteiger partial charge on any atom is -0.497 e. The Morgan fingerprint density at radius 2 is 2.15 bits per heavy atom. The molecule has 5 heteroatoms. The Balaban J connectivity index is 2.31. The van der Waals surface area contributed by atoms with Gasteiger partial charge in [0.2, 0.25) is 0 Å². The fourth-order valence-corrected chi connectivity index (χ4v) is 2.59.